The van der Waals surface area contributed by atoms with Crippen molar-refractivity contribution < 1.29 is 24.0 Å². The van der Waals surface area contributed by atoms with Crippen LogP contribution < -0.4 is 10.1 Å². The lowest BCUT2D eigenvalue weighted by atomic mass is 9.85. The molecule has 0 radical (unpaired) electrons. The number of nitrogens with zero attached hydrogens (tertiary/aromatic N) is 2. The molecular weight excluding hydrogens is 345 g/mol. The first-order valence-electron chi connectivity index (χ1n) is 8.61. The van der Waals surface area contributed by atoms with Gasteiger partial charge in [0.05, 0.1) is 24.6 Å². The van der Waals surface area contributed by atoms with Crippen molar-refractivity contribution in [1.82, 2.24) is 4.90 Å². The molecule has 0 bridgehead atoms. The van der Waals surface area contributed by atoms with Crippen molar-refractivity contribution in [3.05, 3.63) is 28.1 Å². The molecule has 0 spiro atoms. The third kappa shape index (κ3) is 4.21. The van der Waals surface area contributed by atoms with Gasteiger partial charge in [-0.05, 0) is 31.6 Å². The SMILES string of the molecule is COc1cc(NC2CC(N(CC(=O)O)CC3CC3)C2)c([N+](=O)[O-])cc1F. The highest BCUT2D eigenvalue weighted by atomic mass is 19.1. The van der Waals surface area contributed by atoms with Gasteiger partial charge in [-0.15, -0.1) is 0 Å². The number of nitro groups is 1. The van der Waals surface area contributed by atoms with Crippen LogP contribution in [0, 0.1) is 21.8 Å². The van der Waals surface area contributed by atoms with E-state index in [0.29, 0.717) is 18.8 Å². The Morgan fingerprint density at radius 3 is 2.69 bits per heavy atom. The molecule has 26 heavy (non-hydrogen) atoms. The Morgan fingerprint density at radius 2 is 2.15 bits per heavy atom. The molecule has 1 aromatic rings. The van der Waals surface area contributed by atoms with Gasteiger partial charge in [-0.1, -0.05) is 0 Å². The molecule has 0 aliphatic heterocycles. The van der Waals surface area contributed by atoms with Crippen LogP contribution in [0.15, 0.2) is 12.1 Å². The van der Waals surface area contributed by atoms with E-state index >= 15 is 0 Å². The first kappa shape index (κ1) is 18.4. The summed E-state index contributed by atoms with van der Waals surface area (Å²) in [5.41, 5.74) is -0.129. The fraction of sp³-hybridized carbons (Fsp3) is 0.588. The number of aliphatic carboxylic acids is 1. The Bertz CT molecular complexity index is 704. The van der Waals surface area contributed by atoms with Crippen LogP contribution in [0.1, 0.15) is 25.7 Å². The first-order valence-corrected chi connectivity index (χ1v) is 8.61. The summed E-state index contributed by atoms with van der Waals surface area (Å²) in [7, 11) is 1.30. The molecule has 9 heteroatoms. The van der Waals surface area contributed by atoms with Crippen molar-refractivity contribution in [1.29, 1.82) is 0 Å². The molecule has 2 N–H and O–H groups in total. The molecule has 2 aliphatic rings. The van der Waals surface area contributed by atoms with Crippen LogP contribution in [0.2, 0.25) is 0 Å². The van der Waals surface area contributed by atoms with E-state index in [4.69, 9.17) is 9.84 Å². The summed E-state index contributed by atoms with van der Waals surface area (Å²) in [5, 5.41) is 23.3. The van der Waals surface area contributed by atoms with E-state index in [1.165, 1.54) is 13.2 Å². The molecule has 0 unspecified atom stereocenters. The number of halogens is 1. The quantitative estimate of drug-likeness (QED) is 0.510. The predicted molar refractivity (Wildman–Crippen MR) is 92.0 cm³/mol. The molecule has 142 valence electrons. The summed E-state index contributed by atoms with van der Waals surface area (Å²) in [6.45, 7) is 0.798. The van der Waals surface area contributed by atoms with Crippen molar-refractivity contribution >= 4 is 17.3 Å². The smallest absolute Gasteiger partial charge is 0.317 e. The number of hydrogen-bond acceptors (Lipinski definition) is 6. The van der Waals surface area contributed by atoms with Crippen LogP contribution >= 0.6 is 0 Å². The third-order valence-electron chi connectivity index (χ3n) is 4.98. The standard InChI is InChI=1S/C17H22FN3O5/c1-26-16-7-14(15(21(24)25)6-13(16)18)19-11-4-12(5-11)20(9-17(22)23)8-10-2-3-10/h6-7,10-12,19H,2-5,8-9H2,1H3,(H,22,23). The number of anilines is 1. The minimum atomic E-state index is -0.846. The van der Waals surface area contributed by atoms with E-state index in [9.17, 15) is 19.3 Å². The fourth-order valence-electron chi connectivity index (χ4n) is 3.34. The Kier molecular flexibility index (Phi) is 5.26. The predicted octanol–water partition coefficient (Wildman–Crippen LogP) is 2.48. The zero-order valence-electron chi connectivity index (χ0n) is 14.5. The molecule has 0 aromatic heterocycles. The van der Waals surface area contributed by atoms with E-state index in [1.54, 1.807) is 0 Å². The molecule has 0 atom stereocenters. The number of rotatable bonds is 9. The van der Waals surface area contributed by atoms with Gasteiger partial charge in [0.2, 0.25) is 0 Å². The van der Waals surface area contributed by atoms with Gasteiger partial charge in [0.25, 0.3) is 5.69 Å². The lowest BCUT2D eigenvalue weighted by molar-refractivity contribution is -0.384. The third-order valence-corrected chi connectivity index (χ3v) is 4.98. The Hall–Kier alpha value is -2.42. The molecule has 2 aliphatic carbocycles. The van der Waals surface area contributed by atoms with Gasteiger partial charge in [-0.2, -0.15) is 0 Å². The Balaban J connectivity index is 1.64. The molecule has 0 amide bonds. The van der Waals surface area contributed by atoms with E-state index in [1.807, 2.05) is 4.90 Å². The monoisotopic (exact) mass is 367 g/mol. The van der Waals surface area contributed by atoms with Crippen molar-refractivity contribution in [2.45, 2.75) is 37.8 Å². The number of hydrogen-bond donors (Lipinski definition) is 2. The number of methoxy groups -OCH3 is 1. The molecule has 0 saturated heterocycles. The average molecular weight is 367 g/mol. The summed E-state index contributed by atoms with van der Waals surface area (Å²) in [6.07, 6.45) is 3.67. The number of nitro benzene ring substituents is 1. The maximum atomic E-state index is 13.7. The lowest BCUT2D eigenvalue weighted by Crippen LogP contribution is -2.52. The van der Waals surface area contributed by atoms with Crippen LogP contribution in [0.25, 0.3) is 0 Å². The molecule has 0 heterocycles. The normalized spacial score (nSPS) is 22.0. The Morgan fingerprint density at radius 1 is 1.46 bits per heavy atom. The maximum absolute atomic E-state index is 13.7. The number of benzene rings is 1. The molecule has 2 saturated carbocycles. The number of carboxylic acids is 1. The molecule has 2 fully saturated rings. The van der Waals surface area contributed by atoms with Crippen molar-refractivity contribution in [3.8, 4) is 5.75 Å². The summed E-state index contributed by atoms with van der Waals surface area (Å²) < 4.78 is 18.6. The van der Waals surface area contributed by atoms with Gasteiger partial charge >= 0.3 is 5.97 Å². The highest BCUT2D eigenvalue weighted by molar-refractivity contribution is 5.69. The number of carbonyl (C=O) groups is 1. The van der Waals surface area contributed by atoms with Gasteiger partial charge in [-0.3, -0.25) is 19.8 Å². The van der Waals surface area contributed by atoms with E-state index < -0.39 is 16.7 Å². The van der Waals surface area contributed by atoms with Crippen LogP contribution in [0.4, 0.5) is 15.8 Å². The van der Waals surface area contributed by atoms with Crippen LogP contribution in [0.3, 0.4) is 0 Å². The summed E-state index contributed by atoms with van der Waals surface area (Å²) in [4.78, 5) is 23.6. The second kappa shape index (κ2) is 7.45. The zero-order valence-corrected chi connectivity index (χ0v) is 14.5. The summed E-state index contributed by atoms with van der Waals surface area (Å²) in [6, 6.07) is 2.26. The first-order chi connectivity index (χ1) is 12.4. The highest BCUT2D eigenvalue weighted by Crippen LogP contribution is 2.37. The van der Waals surface area contributed by atoms with Crippen LogP contribution in [0.5, 0.6) is 5.75 Å². The molecule has 1 aromatic carbocycles. The van der Waals surface area contributed by atoms with Gasteiger partial charge in [0.1, 0.15) is 5.69 Å². The van der Waals surface area contributed by atoms with E-state index in [0.717, 1.165) is 25.5 Å². The van der Waals surface area contributed by atoms with E-state index in [2.05, 4.69) is 5.32 Å². The maximum Gasteiger partial charge on any atom is 0.317 e. The van der Waals surface area contributed by atoms with Gasteiger partial charge in [0.15, 0.2) is 11.6 Å². The van der Waals surface area contributed by atoms with Crippen molar-refractivity contribution in [3.63, 3.8) is 0 Å². The van der Waals surface area contributed by atoms with Crippen molar-refractivity contribution in [2.24, 2.45) is 5.92 Å². The minimum absolute atomic E-state index is 0.0123. The van der Waals surface area contributed by atoms with Gasteiger partial charge in [-0.25, -0.2) is 4.39 Å². The Labute approximate surface area is 150 Å². The molecule has 8 nitrogen and oxygen atoms in total. The fourth-order valence-corrected chi connectivity index (χ4v) is 3.34. The summed E-state index contributed by atoms with van der Waals surface area (Å²) in [5.74, 6) is -1.10. The summed E-state index contributed by atoms with van der Waals surface area (Å²) >= 11 is 0. The van der Waals surface area contributed by atoms with Crippen LogP contribution in [-0.4, -0.2) is 53.2 Å². The highest BCUT2D eigenvalue weighted by Gasteiger charge is 2.38. The number of ether oxygens (including phenoxy) is 1. The largest absolute Gasteiger partial charge is 0.494 e. The number of carboxylic acid groups (broad SMARTS) is 1. The molecule has 3 rings (SSSR count). The average Bonchev–Trinajstić information content (AvgIpc) is 3.34. The van der Waals surface area contributed by atoms with Gasteiger partial charge in [0, 0.05) is 24.7 Å². The van der Waals surface area contributed by atoms with Gasteiger partial charge < -0.3 is 15.2 Å². The number of nitrogens with one attached hydrogen (secondary N) is 1. The lowest BCUT2D eigenvalue weighted by Gasteiger charge is -2.43. The topological polar surface area (TPSA) is 105 Å². The van der Waals surface area contributed by atoms with E-state index in [-0.39, 0.29) is 35.8 Å². The minimum Gasteiger partial charge on any atom is -0.494 e. The zero-order chi connectivity index (χ0) is 18.8. The van der Waals surface area contributed by atoms with Crippen molar-refractivity contribution in [2.75, 3.05) is 25.5 Å². The second-order valence-corrected chi connectivity index (χ2v) is 6.99. The molecular formula is C17H22FN3O5. The second-order valence-electron chi connectivity index (χ2n) is 6.99. The van der Waals surface area contributed by atoms with Crippen LogP contribution in [-0.2, 0) is 4.79 Å².